The van der Waals surface area contributed by atoms with Crippen LogP contribution in [0.3, 0.4) is 0 Å². The van der Waals surface area contributed by atoms with Gasteiger partial charge in [0.2, 0.25) is 0 Å². The number of halogens is 3. The fraction of sp³-hybridized carbons (Fsp3) is 0.357. The Bertz CT molecular complexity index is 626. The average Bonchev–Trinajstić information content (AvgIpc) is 2.44. The van der Waals surface area contributed by atoms with Gasteiger partial charge in [0.25, 0.3) is 5.91 Å². The summed E-state index contributed by atoms with van der Waals surface area (Å²) in [5.74, 6) is -1.25. The average molecular weight is 346 g/mol. The van der Waals surface area contributed by atoms with Gasteiger partial charge in [-0.2, -0.15) is 13.2 Å². The van der Waals surface area contributed by atoms with Crippen LogP contribution in [-0.2, 0) is 9.53 Å². The minimum atomic E-state index is -4.41. The van der Waals surface area contributed by atoms with Crippen LogP contribution < -0.4 is 5.32 Å². The van der Waals surface area contributed by atoms with Crippen molar-refractivity contribution in [1.82, 2.24) is 5.32 Å². The predicted octanol–water partition coefficient (Wildman–Crippen LogP) is 3.23. The molecular formula is C14H13F3N2O3S. The maximum Gasteiger partial charge on any atom is 0.446 e. The van der Waals surface area contributed by atoms with E-state index in [-0.39, 0.29) is 28.8 Å². The molecule has 124 valence electrons. The Kier molecular flexibility index (Phi) is 6.04. The molecule has 1 aromatic rings. The minimum Gasteiger partial charge on any atom is -0.455 e. The van der Waals surface area contributed by atoms with Gasteiger partial charge in [-0.25, -0.2) is 6.57 Å². The largest absolute Gasteiger partial charge is 0.455 e. The van der Waals surface area contributed by atoms with Crippen LogP contribution in [-0.4, -0.2) is 29.7 Å². The van der Waals surface area contributed by atoms with Crippen LogP contribution in [0.2, 0.25) is 0 Å². The Morgan fingerprint density at radius 3 is 2.30 bits per heavy atom. The first kappa shape index (κ1) is 18.8. The van der Waals surface area contributed by atoms with E-state index in [2.05, 4.69) is 10.2 Å². The van der Waals surface area contributed by atoms with Gasteiger partial charge in [0.15, 0.2) is 6.61 Å². The minimum absolute atomic E-state index is 0.0538. The molecule has 1 rings (SSSR count). The Labute approximate surface area is 135 Å². The van der Waals surface area contributed by atoms with Crippen LogP contribution >= 0.6 is 11.8 Å². The SMILES string of the molecule is [C-]#[N+][C@@](C)(COC(C)=O)NC(=O)c1ccc(SC(F)(F)F)cc1. The molecule has 0 unspecified atom stereocenters. The molecule has 23 heavy (non-hydrogen) atoms. The first-order chi connectivity index (χ1) is 10.5. The van der Waals surface area contributed by atoms with Crippen molar-refractivity contribution in [3.05, 3.63) is 41.2 Å². The quantitative estimate of drug-likeness (QED) is 0.505. The van der Waals surface area contributed by atoms with Crippen molar-refractivity contribution in [3.63, 3.8) is 0 Å². The third-order valence-electron chi connectivity index (χ3n) is 2.54. The molecule has 0 spiro atoms. The molecule has 0 aliphatic heterocycles. The van der Waals surface area contributed by atoms with Gasteiger partial charge in [-0.05, 0) is 36.0 Å². The third-order valence-corrected chi connectivity index (χ3v) is 3.28. The third kappa shape index (κ3) is 6.61. The summed E-state index contributed by atoms with van der Waals surface area (Å²) >= 11 is -0.288. The molecule has 1 amide bonds. The van der Waals surface area contributed by atoms with Crippen molar-refractivity contribution < 1.29 is 27.5 Å². The lowest BCUT2D eigenvalue weighted by molar-refractivity contribution is -0.142. The van der Waals surface area contributed by atoms with E-state index < -0.39 is 23.0 Å². The molecule has 1 atom stereocenters. The number of carbonyl (C=O) groups excluding carboxylic acids is 2. The van der Waals surface area contributed by atoms with E-state index in [1.807, 2.05) is 0 Å². The summed E-state index contributed by atoms with van der Waals surface area (Å²) in [6, 6.07) is 4.77. The Hall–Kier alpha value is -2.21. The highest BCUT2D eigenvalue weighted by Gasteiger charge is 2.34. The van der Waals surface area contributed by atoms with Crippen molar-refractivity contribution >= 4 is 23.6 Å². The van der Waals surface area contributed by atoms with Crippen LogP contribution in [0, 0.1) is 6.57 Å². The number of esters is 1. The first-order valence-corrected chi connectivity index (χ1v) is 7.06. The van der Waals surface area contributed by atoms with Crippen LogP contribution in [0.5, 0.6) is 0 Å². The number of thioether (sulfide) groups is 1. The molecule has 1 N–H and O–H groups in total. The molecule has 9 heteroatoms. The van der Waals surface area contributed by atoms with Crippen molar-refractivity contribution in [3.8, 4) is 0 Å². The molecule has 0 aromatic heterocycles. The number of hydrogen-bond donors (Lipinski definition) is 1. The molecule has 0 aliphatic carbocycles. The second-order valence-electron chi connectivity index (χ2n) is 4.69. The number of alkyl halides is 3. The standard InChI is InChI=1S/C14H13F3N2O3S/c1-9(20)22-8-13(2,18-3)19-12(21)10-4-6-11(7-5-10)23-14(15,16)17/h4-7H,8H2,1-2H3,(H,19,21)/t13-/m1/s1. The van der Waals surface area contributed by atoms with E-state index in [1.54, 1.807) is 0 Å². The molecule has 0 heterocycles. The van der Waals surface area contributed by atoms with Crippen LogP contribution in [0.1, 0.15) is 24.2 Å². The van der Waals surface area contributed by atoms with Crippen LogP contribution in [0.25, 0.3) is 4.85 Å². The van der Waals surface area contributed by atoms with E-state index in [0.717, 1.165) is 12.1 Å². The second kappa shape index (κ2) is 7.37. The zero-order valence-corrected chi connectivity index (χ0v) is 13.0. The number of ether oxygens (including phenoxy) is 1. The molecule has 0 bridgehead atoms. The zero-order chi connectivity index (χ0) is 17.7. The van der Waals surface area contributed by atoms with E-state index in [9.17, 15) is 22.8 Å². The molecule has 0 fully saturated rings. The van der Waals surface area contributed by atoms with Gasteiger partial charge in [0, 0.05) is 24.3 Å². The summed E-state index contributed by atoms with van der Waals surface area (Å²) in [4.78, 5) is 26.0. The van der Waals surface area contributed by atoms with Gasteiger partial charge < -0.3 is 4.74 Å². The summed E-state index contributed by atoms with van der Waals surface area (Å²) in [5.41, 5.74) is -5.77. The molecule has 0 radical (unpaired) electrons. The summed E-state index contributed by atoms with van der Waals surface area (Å²) < 4.78 is 41.4. The number of nitrogens with one attached hydrogen (secondary N) is 1. The Balaban J connectivity index is 2.77. The number of rotatable bonds is 5. The fourth-order valence-electron chi connectivity index (χ4n) is 1.46. The van der Waals surface area contributed by atoms with Gasteiger partial charge >= 0.3 is 17.1 Å². The van der Waals surface area contributed by atoms with Gasteiger partial charge in [-0.15, -0.1) is 0 Å². The number of nitrogens with zero attached hydrogens (tertiary/aromatic N) is 1. The molecule has 0 saturated carbocycles. The van der Waals surface area contributed by atoms with Gasteiger partial charge in [0.05, 0.1) is 0 Å². The topological polar surface area (TPSA) is 59.8 Å². The highest BCUT2D eigenvalue weighted by atomic mass is 32.2. The number of amides is 1. The van der Waals surface area contributed by atoms with Crippen LogP contribution in [0.4, 0.5) is 13.2 Å². The highest BCUT2D eigenvalue weighted by molar-refractivity contribution is 8.00. The lowest BCUT2D eigenvalue weighted by atomic mass is 10.1. The monoisotopic (exact) mass is 346 g/mol. The molecule has 0 aliphatic rings. The van der Waals surface area contributed by atoms with Crippen molar-refractivity contribution in [2.24, 2.45) is 0 Å². The van der Waals surface area contributed by atoms with Crippen LogP contribution in [0.15, 0.2) is 29.2 Å². The number of carbonyl (C=O) groups is 2. The summed E-state index contributed by atoms with van der Waals surface area (Å²) in [6.07, 6.45) is 0. The van der Waals surface area contributed by atoms with Gasteiger partial charge in [0.1, 0.15) is 0 Å². The second-order valence-corrected chi connectivity index (χ2v) is 5.83. The predicted molar refractivity (Wildman–Crippen MR) is 77.5 cm³/mol. The molecular weight excluding hydrogens is 333 g/mol. The lowest BCUT2D eigenvalue weighted by Gasteiger charge is -2.18. The number of benzene rings is 1. The van der Waals surface area contributed by atoms with E-state index in [0.29, 0.717) is 0 Å². The zero-order valence-electron chi connectivity index (χ0n) is 12.2. The molecule has 5 nitrogen and oxygen atoms in total. The first-order valence-electron chi connectivity index (χ1n) is 6.25. The lowest BCUT2D eigenvalue weighted by Crippen LogP contribution is -2.47. The maximum absolute atomic E-state index is 12.2. The van der Waals surface area contributed by atoms with E-state index in [1.165, 1.54) is 26.0 Å². The summed E-state index contributed by atoms with van der Waals surface area (Å²) in [6.45, 7) is 9.29. The molecule has 1 aromatic carbocycles. The van der Waals surface area contributed by atoms with Crippen molar-refractivity contribution in [1.29, 1.82) is 0 Å². The Morgan fingerprint density at radius 2 is 1.87 bits per heavy atom. The van der Waals surface area contributed by atoms with Crippen molar-refractivity contribution in [2.75, 3.05) is 6.61 Å². The summed E-state index contributed by atoms with van der Waals surface area (Å²) in [5, 5.41) is 2.38. The normalized spacial score (nSPS) is 13.6. The highest BCUT2D eigenvalue weighted by Crippen LogP contribution is 2.36. The molecule has 0 saturated heterocycles. The smallest absolute Gasteiger partial charge is 0.446 e. The maximum atomic E-state index is 12.2. The van der Waals surface area contributed by atoms with E-state index in [4.69, 9.17) is 11.3 Å². The van der Waals surface area contributed by atoms with Crippen molar-refractivity contribution in [2.45, 2.75) is 29.9 Å². The summed E-state index contributed by atoms with van der Waals surface area (Å²) in [7, 11) is 0. The number of hydrogen-bond acceptors (Lipinski definition) is 4. The van der Waals surface area contributed by atoms with Gasteiger partial charge in [-0.3, -0.25) is 19.8 Å². The van der Waals surface area contributed by atoms with Gasteiger partial charge in [-0.1, -0.05) is 0 Å². The fourth-order valence-corrected chi connectivity index (χ4v) is 2.00. The van der Waals surface area contributed by atoms with E-state index >= 15 is 0 Å². The Morgan fingerprint density at radius 1 is 1.30 bits per heavy atom.